The van der Waals surface area contributed by atoms with Gasteiger partial charge in [0, 0.05) is 23.2 Å². The van der Waals surface area contributed by atoms with Gasteiger partial charge in [-0.1, -0.05) is 35.0 Å². The van der Waals surface area contributed by atoms with Crippen LogP contribution in [0, 0.1) is 6.92 Å². The number of carbonyl (C=O) groups excluding carboxylic acids is 1. The van der Waals surface area contributed by atoms with Crippen molar-refractivity contribution in [1.29, 1.82) is 0 Å². The van der Waals surface area contributed by atoms with Crippen LogP contribution in [0.15, 0.2) is 53.1 Å². The molecule has 2 amide bonds. The summed E-state index contributed by atoms with van der Waals surface area (Å²) >= 11 is 6.29. The van der Waals surface area contributed by atoms with Crippen LogP contribution in [0.3, 0.4) is 0 Å². The van der Waals surface area contributed by atoms with Crippen molar-refractivity contribution in [3.63, 3.8) is 0 Å². The Bertz CT molecular complexity index is 1050. The largest absolute Gasteiger partial charge is 0.465 e. The summed E-state index contributed by atoms with van der Waals surface area (Å²) in [7, 11) is 0. The number of aryl methyl sites for hydroxylation is 1. The van der Waals surface area contributed by atoms with Crippen molar-refractivity contribution >= 4 is 35.0 Å². The molecule has 0 aliphatic carbocycles. The molecule has 0 saturated carbocycles. The van der Waals surface area contributed by atoms with Crippen LogP contribution < -0.4 is 10.2 Å². The van der Waals surface area contributed by atoms with Crippen molar-refractivity contribution in [1.82, 2.24) is 5.16 Å². The van der Waals surface area contributed by atoms with Crippen LogP contribution in [0.25, 0.3) is 11.3 Å². The van der Waals surface area contributed by atoms with Crippen LogP contribution in [0.4, 0.5) is 16.2 Å². The van der Waals surface area contributed by atoms with Crippen LogP contribution in [0.1, 0.15) is 31.1 Å². The number of nitrogens with zero attached hydrogens (tertiary/aromatic N) is 2. The second-order valence-corrected chi connectivity index (χ2v) is 6.96. The number of carboxylic acid groups (broad SMARTS) is 1. The molecule has 0 fully saturated rings. The van der Waals surface area contributed by atoms with Gasteiger partial charge < -0.3 is 14.9 Å². The molecular weight excluding hydrogens is 394 g/mol. The highest BCUT2D eigenvalue weighted by Gasteiger charge is 2.31. The second kappa shape index (κ2) is 8.36. The zero-order chi connectivity index (χ0) is 21.1. The molecule has 0 spiro atoms. The molecular formula is C21H20ClN3O4. The molecule has 1 unspecified atom stereocenters. The summed E-state index contributed by atoms with van der Waals surface area (Å²) in [5.74, 6) is 0.137. The molecule has 2 N–H and O–H groups in total. The maximum atomic E-state index is 12.2. The van der Waals surface area contributed by atoms with Crippen molar-refractivity contribution in [2.75, 3.05) is 10.2 Å². The lowest BCUT2D eigenvalue weighted by molar-refractivity contribution is -0.114. The fraction of sp³-hybridized carbons (Fsp3) is 0.190. The van der Waals surface area contributed by atoms with E-state index in [2.05, 4.69) is 10.5 Å². The first-order chi connectivity index (χ1) is 13.8. The predicted octanol–water partition coefficient (Wildman–Crippen LogP) is 5.51. The van der Waals surface area contributed by atoms with E-state index >= 15 is 0 Å². The minimum absolute atomic E-state index is 0.181. The van der Waals surface area contributed by atoms with E-state index in [0.29, 0.717) is 39.0 Å². The topological polar surface area (TPSA) is 95.7 Å². The summed E-state index contributed by atoms with van der Waals surface area (Å²) in [6, 6.07) is 13.4. The third-order valence-electron chi connectivity index (χ3n) is 4.49. The molecule has 1 atom stereocenters. The van der Waals surface area contributed by atoms with Crippen LogP contribution in [0.2, 0.25) is 5.02 Å². The van der Waals surface area contributed by atoms with E-state index in [0.717, 1.165) is 0 Å². The number of aromatic nitrogens is 1. The number of hydrogen-bond acceptors (Lipinski definition) is 4. The first-order valence-electron chi connectivity index (χ1n) is 8.90. The van der Waals surface area contributed by atoms with Crippen molar-refractivity contribution < 1.29 is 19.2 Å². The molecule has 2 aromatic carbocycles. The maximum absolute atomic E-state index is 12.2. The lowest BCUT2D eigenvalue weighted by Crippen LogP contribution is -2.33. The van der Waals surface area contributed by atoms with E-state index in [9.17, 15) is 14.7 Å². The minimum atomic E-state index is -1.15. The highest BCUT2D eigenvalue weighted by molar-refractivity contribution is 6.31. The number of anilines is 2. The lowest BCUT2D eigenvalue weighted by atomic mass is 10.0. The van der Waals surface area contributed by atoms with Crippen LogP contribution in [-0.4, -0.2) is 22.3 Å². The molecule has 3 aromatic rings. The van der Waals surface area contributed by atoms with Gasteiger partial charge in [0.05, 0.1) is 6.04 Å². The smallest absolute Gasteiger partial charge is 0.412 e. The van der Waals surface area contributed by atoms with Gasteiger partial charge in [0.2, 0.25) is 5.91 Å². The number of benzene rings is 2. The molecule has 0 radical (unpaired) electrons. The number of amides is 2. The van der Waals surface area contributed by atoms with E-state index in [1.54, 1.807) is 62.4 Å². The number of halogens is 1. The molecule has 3 rings (SSSR count). The van der Waals surface area contributed by atoms with Gasteiger partial charge in [-0.15, -0.1) is 0 Å². The Morgan fingerprint density at radius 2 is 1.83 bits per heavy atom. The fourth-order valence-electron chi connectivity index (χ4n) is 3.15. The van der Waals surface area contributed by atoms with E-state index < -0.39 is 12.1 Å². The number of nitrogens with one attached hydrogen (secondary N) is 1. The Hall–Kier alpha value is -3.32. The SMILES string of the molecule is CC(=O)Nc1ccc(-c2onc(C)c2N(C(=O)O)C(C)c2ccccc2Cl)cc1. The van der Waals surface area contributed by atoms with Crippen molar-refractivity contribution in [2.45, 2.75) is 26.8 Å². The van der Waals surface area contributed by atoms with Crippen LogP contribution >= 0.6 is 11.6 Å². The van der Waals surface area contributed by atoms with E-state index in [1.165, 1.54) is 11.8 Å². The molecule has 0 saturated heterocycles. The Balaban J connectivity index is 2.05. The van der Waals surface area contributed by atoms with Gasteiger partial charge in [0.15, 0.2) is 5.76 Å². The summed E-state index contributed by atoms with van der Waals surface area (Å²) in [6.45, 7) is 4.86. The normalized spacial score (nSPS) is 11.7. The Morgan fingerprint density at radius 3 is 2.41 bits per heavy atom. The zero-order valence-corrected chi connectivity index (χ0v) is 16.9. The third-order valence-corrected chi connectivity index (χ3v) is 4.83. The molecule has 150 valence electrons. The van der Waals surface area contributed by atoms with Gasteiger partial charge in [0.25, 0.3) is 0 Å². The van der Waals surface area contributed by atoms with E-state index in [4.69, 9.17) is 16.1 Å². The Kier molecular flexibility index (Phi) is 5.89. The number of carbonyl (C=O) groups is 2. The quantitative estimate of drug-likeness (QED) is 0.575. The molecule has 7 nitrogen and oxygen atoms in total. The van der Waals surface area contributed by atoms with Gasteiger partial charge in [-0.3, -0.25) is 9.69 Å². The van der Waals surface area contributed by atoms with Crippen molar-refractivity contribution in [2.24, 2.45) is 0 Å². The van der Waals surface area contributed by atoms with Crippen LogP contribution in [-0.2, 0) is 4.79 Å². The highest BCUT2D eigenvalue weighted by Crippen LogP contribution is 2.39. The van der Waals surface area contributed by atoms with Gasteiger partial charge in [-0.25, -0.2) is 4.79 Å². The summed E-state index contributed by atoms with van der Waals surface area (Å²) in [6.07, 6.45) is -1.15. The van der Waals surface area contributed by atoms with Crippen LogP contribution in [0.5, 0.6) is 0 Å². The monoisotopic (exact) mass is 413 g/mol. The van der Waals surface area contributed by atoms with Gasteiger partial charge >= 0.3 is 6.09 Å². The summed E-state index contributed by atoms with van der Waals surface area (Å²) < 4.78 is 5.47. The number of rotatable bonds is 5. The molecule has 0 bridgehead atoms. The molecule has 29 heavy (non-hydrogen) atoms. The third kappa shape index (κ3) is 4.25. The summed E-state index contributed by atoms with van der Waals surface area (Å²) in [5, 5.41) is 17.1. The zero-order valence-electron chi connectivity index (χ0n) is 16.1. The lowest BCUT2D eigenvalue weighted by Gasteiger charge is -2.27. The summed E-state index contributed by atoms with van der Waals surface area (Å²) in [4.78, 5) is 24.6. The molecule has 1 aromatic heterocycles. The second-order valence-electron chi connectivity index (χ2n) is 6.55. The molecule has 1 heterocycles. The van der Waals surface area contributed by atoms with Crippen molar-refractivity contribution in [3.8, 4) is 11.3 Å². The molecule has 8 heteroatoms. The van der Waals surface area contributed by atoms with Crippen molar-refractivity contribution in [3.05, 3.63) is 64.8 Å². The molecule has 0 aliphatic heterocycles. The first-order valence-corrected chi connectivity index (χ1v) is 9.28. The Morgan fingerprint density at radius 1 is 1.17 bits per heavy atom. The fourth-order valence-corrected chi connectivity index (χ4v) is 3.45. The number of hydrogen-bond donors (Lipinski definition) is 2. The molecule has 0 aliphatic rings. The maximum Gasteiger partial charge on any atom is 0.412 e. The first kappa shape index (κ1) is 20.4. The minimum Gasteiger partial charge on any atom is -0.465 e. The van der Waals surface area contributed by atoms with E-state index in [-0.39, 0.29) is 5.91 Å². The highest BCUT2D eigenvalue weighted by atomic mass is 35.5. The average molecular weight is 414 g/mol. The predicted molar refractivity (Wildman–Crippen MR) is 111 cm³/mol. The average Bonchev–Trinajstić information content (AvgIpc) is 3.03. The van der Waals surface area contributed by atoms with Gasteiger partial charge in [0.1, 0.15) is 11.4 Å². The van der Waals surface area contributed by atoms with Gasteiger partial charge in [-0.2, -0.15) is 0 Å². The standard InChI is InChI=1S/C21H20ClN3O4/c1-12-19(25(21(27)28)13(2)17-6-4-5-7-18(17)22)20(29-24-12)15-8-10-16(11-9-15)23-14(3)26/h4-11,13H,1-3H3,(H,23,26)(H,27,28). The van der Waals surface area contributed by atoms with Gasteiger partial charge in [-0.05, 0) is 49.7 Å². The van der Waals surface area contributed by atoms with E-state index in [1.807, 2.05) is 0 Å². The summed E-state index contributed by atoms with van der Waals surface area (Å²) in [5.41, 5.74) is 2.71. The Labute approximate surface area is 172 Å².